The third kappa shape index (κ3) is 3.90. The van der Waals surface area contributed by atoms with E-state index in [0.717, 1.165) is 6.04 Å². The zero-order valence-corrected chi connectivity index (χ0v) is 9.97. The summed E-state index contributed by atoms with van der Waals surface area (Å²) in [6.07, 6.45) is 2.42. The van der Waals surface area contributed by atoms with E-state index in [4.69, 9.17) is 8.85 Å². The molecule has 0 aliphatic carbocycles. The molecule has 0 rings (SSSR count). The predicted octanol–water partition coefficient (Wildman–Crippen LogP) is 2.45. The van der Waals surface area contributed by atoms with Gasteiger partial charge in [-0.1, -0.05) is 19.8 Å². The first-order chi connectivity index (χ1) is 4.68. The van der Waals surface area contributed by atoms with Crippen molar-refractivity contribution in [2.24, 2.45) is 0 Å². The lowest BCUT2D eigenvalue weighted by atomic mass is 10.4. The van der Waals surface area contributed by atoms with Crippen LogP contribution >= 0.6 is 21.8 Å². The number of halogens is 1. The quantitative estimate of drug-likeness (QED) is 0.435. The van der Waals surface area contributed by atoms with Crippen LogP contribution in [0.2, 0.25) is 6.04 Å². The van der Waals surface area contributed by atoms with Gasteiger partial charge in [-0.2, -0.15) is 0 Å². The molecule has 0 saturated carbocycles. The third-order valence-corrected chi connectivity index (χ3v) is 7.87. The van der Waals surface area contributed by atoms with E-state index in [1.54, 1.807) is 14.2 Å². The van der Waals surface area contributed by atoms with E-state index in [2.05, 4.69) is 28.7 Å². The van der Waals surface area contributed by atoms with Crippen molar-refractivity contribution < 1.29 is 8.85 Å². The molecule has 0 bridgehead atoms. The van der Waals surface area contributed by atoms with Crippen molar-refractivity contribution in [1.82, 2.24) is 0 Å². The molecule has 0 N–H and O–H groups in total. The van der Waals surface area contributed by atoms with Gasteiger partial charge in [0.2, 0.25) is 0 Å². The first-order valence-corrected chi connectivity index (χ1v) is 8.61. The van der Waals surface area contributed by atoms with Crippen molar-refractivity contribution in [2.45, 2.75) is 25.8 Å². The Bertz CT molecular complexity index is 85.8. The number of hydrogen-bond acceptors (Lipinski definition) is 2. The molecular weight excluding hydrogens is 259 g/mol. The number of unbranched alkanes of at least 4 members (excludes halogenated alkanes) is 1. The maximum atomic E-state index is 5.29. The van der Waals surface area contributed by atoms with Gasteiger partial charge in [-0.25, -0.2) is 0 Å². The second-order valence-electron chi connectivity index (χ2n) is 2.17. The molecule has 2 nitrogen and oxygen atoms in total. The first kappa shape index (κ1) is 10.9. The van der Waals surface area contributed by atoms with E-state index in [0.29, 0.717) is 0 Å². The standard InChI is InChI=1S/C6H15IO2Si/c1-4-5-6-10(7,8-2)9-3/h4-6H2,1-3H3. The van der Waals surface area contributed by atoms with Gasteiger partial charge in [-0.3, -0.25) is 0 Å². The van der Waals surface area contributed by atoms with Crippen molar-refractivity contribution in [3.8, 4) is 0 Å². The lowest BCUT2D eigenvalue weighted by Gasteiger charge is -2.19. The highest BCUT2D eigenvalue weighted by atomic mass is 127. The summed E-state index contributed by atoms with van der Waals surface area (Å²) in [5, 5.41) is 0. The van der Waals surface area contributed by atoms with E-state index in [1.165, 1.54) is 12.8 Å². The highest BCUT2D eigenvalue weighted by Crippen LogP contribution is 2.22. The summed E-state index contributed by atoms with van der Waals surface area (Å²) in [4.78, 5) is 0. The third-order valence-electron chi connectivity index (χ3n) is 1.44. The molecular formula is C6H15IO2Si. The maximum absolute atomic E-state index is 5.29. The summed E-state index contributed by atoms with van der Waals surface area (Å²) in [6, 6.07) is -0.654. The van der Waals surface area contributed by atoms with Crippen LogP contribution in [-0.4, -0.2) is 20.3 Å². The van der Waals surface area contributed by atoms with Crippen LogP contribution in [-0.2, 0) is 8.85 Å². The van der Waals surface area contributed by atoms with Crippen LogP contribution in [0, 0.1) is 0 Å². The Morgan fingerprint density at radius 1 is 1.30 bits per heavy atom. The largest absolute Gasteiger partial charge is 0.407 e. The first-order valence-electron chi connectivity index (χ1n) is 3.47. The van der Waals surface area contributed by atoms with E-state index >= 15 is 0 Å². The highest BCUT2D eigenvalue weighted by Gasteiger charge is 2.30. The van der Waals surface area contributed by atoms with Crippen LogP contribution in [0.3, 0.4) is 0 Å². The molecule has 0 saturated heterocycles. The molecule has 0 radical (unpaired) electrons. The Balaban J connectivity index is 3.58. The van der Waals surface area contributed by atoms with Gasteiger partial charge in [0.25, 0.3) is 0 Å². The fourth-order valence-electron chi connectivity index (χ4n) is 0.675. The Labute approximate surface area is 76.8 Å². The summed E-state index contributed by atoms with van der Waals surface area (Å²) in [5.41, 5.74) is 0. The van der Waals surface area contributed by atoms with Crippen LogP contribution in [0.5, 0.6) is 0 Å². The highest BCUT2D eigenvalue weighted by molar-refractivity contribution is 14.1. The molecule has 0 aromatic rings. The zero-order valence-electron chi connectivity index (χ0n) is 6.82. The zero-order chi connectivity index (χ0) is 8.04. The van der Waals surface area contributed by atoms with E-state index < -0.39 is 6.06 Å². The van der Waals surface area contributed by atoms with Crippen molar-refractivity contribution in [2.75, 3.05) is 14.2 Å². The molecule has 4 heteroatoms. The van der Waals surface area contributed by atoms with E-state index in [-0.39, 0.29) is 0 Å². The minimum absolute atomic E-state index is 1.09. The smallest absolute Gasteiger partial charge is 0.390 e. The van der Waals surface area contributed by atoms with Gasteiger partial charge in [0.1, 0.15) is 0 Å². The van der Waals surface area contributed by atoms with Crippen molar-refractivity contribution in [3.05, 3.63) is 0 Å². The van der Waals surface area contributed by atoms with Crippen molar-refractivity contribution in [1.29, 1.82) is 0 Å². The molecule has 0 atom stereocenters. The molecule has 0 amide bonds. The van der Waals surface area contributed by atoms with E-state index in [1.807, 2.05) is 0 Å². The second kappa shape index (κ2) is 5.51. The fourth-order valence-corrected chi connectivity index (χ4v) is 3.17. The molecule has 10 heavy (non-hydrogen) atoms. The van der Waals surface area contributed by atoms with Crippen LogP contribution in [0.15, 0.2) is 0 Å². The van der Waals surface area contributed by atoms with Crippen LogP contribution in [0.4, 0.5) is 0 Å². The van der Waals surface area contributed by atoms with Gasteiger partial charge >= 0.3 is 6.06 Å². The lowest BCUT2D eigenvalue weighted by molar-refractivity contribution is 0.272. The minimum atomic E-state index is -1.75. The molecule has 0 unspecified atom stereocenters. The van der Waals surface area contributed by atoms with Gasteiger partial charge in [0.15, 0.2) is 0 Å². The summed E-state index contributed by atoms with van der Waals surface area (Å²) in [7, 11) is 3.47. The summed E-state index contributed by atoms with van der Waals surface area (Å²) >= 11 is 2.32. The average Bonchev–Trinajstić information content (AvgIpc) is 2.00. The minimum Gasteiger partial charge on any atom is -0.390 e. The van der Waals surface area contributed by atoms with Crippen LogP contribution < -0.4 is 0 Å². The average molecular weight is 274 g/mol. The number of rotatable bonds is 5. The van der Waals surface area contributed by atoms with Crippen LogP contribution in [0.25, 0.3) is 0 Å². The van der Waals surface area contributed by atoms with Gasteiger partial charge in [-0.15, -0.1) is 0 Å². The summed E-state index contributed by atoms with van der Waals surface area (Å²) in [6.45, 7) is 2.18. The van der Waals surface area contributed by atoms with Crippen molar-refractivity contribution >= 4 is 27.9 Å². The molecule has 0 aliphatic heterocycles. The SMILES string of the molecule is CCCC[Si](I)(OC)OC. The van der Waals surface area contributed by atoms with Gasteiger partial charge in [-0.05, 0) is 21.8 Å². The Kier molecular flexibility index (Phi) is 5.99. The normalized spacial score (nSPS) is 12.0. The fraction of sp³-hybridized carbons (Fsp3) is 1.00. The maximum Gasteiger partial charge on any atom is 0.407 e. The van der Waals surface area contributed by atoms with Gasteiger partial charge < -0.3 is 8.85 Å². The van der Waals surface area contributed by atoms with Crippen LogP contribution in [0.1, 0.15) is 19.8 Å². The van der Waals surface area contributed by atoms with E-state index in [9.17, 15) is 0 Å². The predicted molar refractivity (Wildman–Crippen MR) is 53.5 cm³/mol. The molecule has 62 valence electrons. The number of hydrogen-bond donors (Lipinski definition) is 0. The summed E-state index contributed by atoms with van der Waals surface area (Å²) in [5.74, 6) is 0. The Morgan fingerprint density at radius 3 is 2.10 bits per heavy atom. The summed E-state index contributed by atoms with van der Waals surface area (Å²) < 4.78 is 10.6. The topological polar surface area (TPSA) is 18.5 Å². The lowest BCUT2D eigenvalue weighted by Crippen LogP contribution is -2.31. The molecule has 0 aromatic heterocycles. The molecule has 0 aliphatic rings. The second-order valence-corrected chi connectivity index (χ2v) is 9.74. The Morgan fingerprint density at radius 2 is 1.80 bits per heavy atom. The Hall–Kier alpha value is 0.867. The molecule has 0 spiro atoms. The molecule has 0 heterocycles. The monoisotopic (exact) mass is 274 g/mol. The van der Waals surface area contributed by atoms with Gasteiger partial charge in [0.05, 0.1) is 0 Å². The van der Waals surface area contributed by atoms with Gasteiger partial charge in [0, 0.05) is 20.3 Å². The molecule has 0 fully saturated rings. The van der Waals surface area contributed by atoms with Crippen molar-refractivity contribution in [3.63, 3.8) is 0 Å². The molecule has 0 aromatic carbocycles.